The Bertz CT molecular complexity index is 1060. The van der Waals surface area contributed by atoms with Gasteiger partial charge in [-0.1, -0.05) is 25.1 Å². The quantitative estimate of drug-likeness (QED) is 0.666. The molecule has 1 aliphatic heterocycles. The fourth-order valence-corrected chi connectivity index (χ4v) is 3.82. The minimum atomic E-state index is 0.0192. The number of methoxy groups -OCH3 is 1. The second-order valence-corrected chi connectivity index (χ2v) is 7.14. The summed E-state index contributed by atoms with van der Waals surface area (Å²) in [7, 11) is 1.65. The zero-order chi connectivity index (χ0) is 20.4. The lowest BCUT2D eigenvalue weighted by Crippen LogP contribution is -2.47. The maximum Gasteiger partial charge on any atom is 0.259 e. The van der Waals surface area contributed by atoms with Gasteiger partial charge in [0.25, 0.3) is 5.56 Å². The van der Waals surface area contributed by atoms with Gasteiger partial charge in [-0.25, -0.2) is 4.98 Å². The lowest BCUT2D eigenvalue weighted by molar-refractivity contribution is 0.189. The van der Waals surface area contributed by atoms with Crippen LogP contribution in [-0.2, 0) is 19.6 Å². The lowest BCUT2D eigenvalue weighted by atomic mass is 10.2. The molecule has 1 aliphatic rings. The predicted molar refractivity (Wildman–Crippen MR) is 112 cm³/mol. The molecule has 2 aromatic heterocycles. The number of hydrogen-bond donors (Lipinski definition) is 0. The topological polar surface area (TPSA) is 63.5 Å². The molecule has 150 valence electrons. The normalized spacial score (nSPS) is 14.0. The minimum Gasteiger partial charge on any atom is -0.495 e. The summed E-state index contributed by atoms with van der Waals surface area (Å²) in [5, 5.41) is 0. The molecule has 0 radical (unpaired) electrons. The fraction of sp³-hybridized carbons (Fsp3) is 0.318. The molecule has 0 saturated carbocycles. The number of anilines is 2. The van der Waals surface area contributed by atoms with Crippen molar-refractivity contribution >= 4 is 11.6 Å². The molecule has 3 aromatic rings. The summed E-state index contributed by atoms with van der Waals surface area (Å²) in [5.41, 5.74) is 3.54. The number of nitrogens with zero attached hydrogens (tertiary/aromatic N) is 5. The number of pyridine rings is 1. The van der Waals surface area contributed by atoms with E-state index in [1.807, 2.05) is 61.3 Å². The highest BCUT2D eigenvalue weighted by Gasteiger charge is 2.29. The summed E-state index contributed by atoms with van der Waals surface area (Å²) >= 11 is 0. The van der Waals surface area contributed by atoms with E-state index in [9.17, 15) is 4.79 Å². The molecule has 3 heterocycles. The molecule has 29 heavy (non-hydrogen) atoms. The number of ether oxygens (including phenoxy) is 1. The van der Waals surface area contributed by atoms with E-state index in [0.717, 1.165) is 28.3 Å². The van der Waals surface area contributed by atoms with E-state index in [4.69, 9.17) is 9.72 Å². The van der Waals surface area contributed by atoms with Crippen LogP contribution in [0.3, 0.4) is 0 Å². The van der Waals surface area contributed by atoms with Gasteiger partial charge in [-0.05, 0) is 37.1 Å². The highest BCUT2D eigenvalue weighted by molar-refractivity contribution is 5.66. The monoisotopic (exact) mass is 391 g/mol. The summed E-state index contributed by atoms with van der Waals surface area (Å²) in [4.78, 5) is 26.5. The number of hydrogen-bond acceptors (Lipinski definition) is 6. The van der Waals surface area contributed by atoms with Gasteiger partial charge < -0.3 is 4.74 Å². The SMILES string of the molecule is CCc1c(C)nc2n(c1=O)CN(Cc1cccnc1)CN2c1ccccc1OC. The molecule has 0 N–H and O–H groups in total. The van der Waals surface area contributed by atoms with Crippen molar-refractivity contribution in [3.05, 3.63) is 76.0 Å². The zero-order valence-electron chi connectivity index (χ0n) is 17.0. The Morgan fingerprint density at radius 2 is 1.97 bits per heavy atom. The Hall–Kier alpha value is -3.19. The Kier molecular flexibility index (Phi) is 5.31. The van der Waals surface area contributed by atoms with Crippen LogP contribution in [0.4, 0.5) is 11.6 Å². The third-order valence-corrected chi connectivity index (χ3v) is 5.23. The third-order valence-electron chi connectivity index (χ3n) is 5.23. The molecule has 0 unspecified atom stereocenters. The van der Waals surface area contributed by atoms with Crippen molar-refractivity contribution < 1.29 is 4.74 Å². The van der Waals surface area contributed by atoms with Gasteiger partial charge in [-0.3, -0.25) is 24.1 Å². The van der Waals surface area contributed by atoms with Gasteiger partial charge in [0.05, 0.1) is 26.1 Å². The Balaban J connectivity index is 1.83. The van der Waals surface area contributed by atoms with Gasteiger partial charge in [-0.2, -0.15) is 0 Å². The number of benzene rings is 1. The van der Waals surface area contributed by atoms with Crippen LogP contribution in [0, 0.1) is 6.92 Å². The maximum atomic E-state index is 13.2. The first kappa shape index (κ1) is 19.1. The van der Waals surface area contributed by atoms with Gasteiger partial charge in [0.2, 0.25) is 5.95 Å². The van der Waals surface area contributed by atoms with Crippen molar-refractivity contribution in [2.45, 2.75) is 33.5 Å². The fourth-order valence-electron chi connectivity index (χ4n) is 3.82. The van der Waals surface area contributed by atoms with E-state index in [-0.39, 0.29) is 5.56 Å². The van der Waals surface area contributed by atoms with Gasteiger partial charge in [-0.15, -0.1) is 0 Å². The molecule has 0 fully saturated rings. The number of fused-ring (bicyclic) bond motifs is 1. The maximum absolute atomic E-state index is 13.2. The average molecular weight is 391 g/mol. The number of rotatable bonds is 5. The van der Waals surface area contributed by atoms with E-state index in [1.165, 1.54) is 0 Å². The zero-order valence-corrected chi connectivity index (χ0v) is 17.0. The van der Waals surface area contributed by atoms with Gasteiger partial charge >= 0.3 is 0 Å². The van der Waals surface area contributed by atoms with Crippen LogP contribution in [0.15, 0.2) is 53.6 Å². The van der Waals surface area contributed by atoms with E-state index >= 15 is 0 Å². The average Bonchev–Trinajstić information content (AvgIpc) is 2.75. The van der Waals surface area contributed by atoms with E-state index in [2.05, 4.69) is 9.88 Å². The number of aryl methyl sites for hydroxylation is 1. The molecule has 7 nitrogen and oxygen atoms in total. The summed E-state index contributed by atoms with van der Waals surface area (Å²) in [6, 6.07) is 11.8. The first-order valence-corrected chi connectivity index (χ1v) is 9.74. The molecule has 7 heteroatoms. The molecule has 0 atom stereocenters. The van der Waals surface area contributed by atoms with Crippen molar-refractivity contribution in [2.75, 3.05) is 18.7 Å². The van der Waals surface area contributed by atoms with Crippen LogP contribution < -0.4 is 15.2 Å². The van der Waals surface area contributed by atoms with Gasteiger partial charge in [0.15, 0.2) is 0 Å². The van der Waals surface area contributed by atoms with E-state index in [0.29, 0.717) is 32.3 Å². The van der Waals surface area contributed by atoms with Crippen molar-refractivity contribution in [1.29, 1.82) is 0 Å². The van der Waals surface area contributed by atoms with Crippen LogP contribution >= 0.6 is 0 Å². The van der Waals surface area contributed by atoms with Crippen LogP contribution in [0.25, 0.3) is 0 Å². The standard InChI is InChI=1S/C22H25N5O2/c1-4-18-16(2)24-22-26(19-9-5-6-10-20(19)29-3)14-25(15-27(22)21(18)28)13-17-8-7-11-23-12-17/h5-12H,4,13-15H2,1-3H3. The minimum absolute atomic E-state index is 0.0192. The lowest BCUT2D eigenvalue weighted by Gasteiger charge is -2.38. The molecular formula is C22H25N5O2. The van der Waals surface area contributed by atoms with Gasteiger partial charge in [0.1, 0.15) is 5.75 Å². The largest absolute Gasteiger partial charge is 0.495 e. The summed E-state index contributed by atoms with van der Waals surface area (Å²) in [6.07, 6.45) is 4.28. The molecule has 0 saturated heterocycles. The summed E-state index contributed by atoms with van der Waals surface area (Å²) in [6.45, 7) is 5.65. The molecule has 1 aromatic carbocycles. The van der Waals surface area contributed by atoms with Crippen molar-refractivity contribution in [3.8, 4) is 5.75 Å². The smallest absolute Gasteiger partial charge is 0.259 e. The number of aromatic nitrogens is 3. The summed E-state index contributed by atoms with van der Waals surface area (Å²) in [5.74, 6) is 1.39. The van der Waals surface area contributed by atoms with Crippen molar-refractivity contribution in [1.82, 2.24) is 19.4 Å². The van der Waals surface area contributed by atoms with Crippen molar-refractivity contribution in [3.63, 3.8) is 0 Å². The third kappa shape index (κ3) is 3.61. The van der Waals surface area contributed by atoms with Crippen molar-refractivity contribution in [2.24, 2.45) is 0 Å². The number of para-hydroxylation sites is 2. The second-order valence-electron chi connectivity index (χ2n) is 7.14. The highest BCUT2D eigenvalue weighted by Crippen LogP contribution is 2.34. The Labute approximate surface area is 170 Å². The first-order valence-electron chi connectivity index (χ1n) is 9.74. The first-order chi connectivity index (χ1) is 14.1. The van der Waals surface area contributed by atoms with Crippen LogP contribution in [0.5, 0.6) is 5.75 Å². The second kappa shape index (κ2) is 8.05. The van der Waals surface area contributed by atoms with Crippen LogP contribution in [-0.4, -0.2) is 33.2 Å². The van der Waals surface area contributed by atoms with Crippen LogP contribution in [0.2, 0.25) is 0 Å². The Morgan fingerprint density at radius 1 is 1.14 bits per heavy atom. The summed E-state index contributed by atoms with van der Waals surface area (Å²) < 4.78 is 7.35. The molecule has 0 amide bonds. The van der Waals surface area contributed by atoms with Gasteiger partial charge in [0, 0.05) is 30.2 Å². The van der Waals surface area contributed by atoms with E-state index < -0.39 is 0 Å². The van der Waals surface area contributed by atoms with E-state index in [1.54, 1.807) is 17.9 Å². The molecule has 4 rings (SSSR count). The molecule has 0 aliphatic carbocycles. The Morgan fingerprint density at radius 3 is 2.69 bits per heavy atom. The predicted octanol–water partition coefficient (Wildman–Crippen LogP) is 3.09. The molecular weight excluding hydrogens is 366 g/mol. The molecule has 0 spiro atoms. The highest BCUT2D eigenvalue weighted by atomic mass is 16.5. The van der Waals surface area contributed by atoms with Crippen LogP contribution in [0.1, 0.15) is 23.7 Å². The molecule has 0 bridgehead atoms.